The van der Waals surface area contributed by atoms with E-state index in [9.17, 15) is 4.79 Å². The Hall–Kier alpha value is -2.66. The van der Waals surface area contributed by atoms with Crippen LogP contribution in [0.15, 0.2) is 59.5 Å². The number of H-pyrrole nitrogens is 1. The van der Waals surface area contributed by atoms with Gasteiger partial charge in [-0.15, -0.1) is 4.52 Å². The SMILES string of the molecule is O=c1c2ccc3ccccc3[n+]2[nH]n1-c1ccc(Cl)nc1. The van der Waals surface area contributed by atoms with E-state index >= 15 is 0 Å². The van der Waals surface area contributed by atoms with Gasteiger partial charge in [0.1, 0.15) is 5.15 Å². The maximum atomic E-state index is 12.5. The lowest BCUT2D eigenvalue weighted by molar-refractivity contribution is -0.555. The van der Waals surface area contributed by atoms with Gasteiger partial charge in [0.15, 0.2) is 11.2 Å². The van der Waals surface area contributed by atoms with Crippen molar-refractivity contribution in [3.05, 3.63) is 70.2 Å². The first kappa shape index (κ1) is 12.1. The summed E-state index contributed by atoms with van der Waals surface area (Å²) in [6.45, 7) is 0. The van der Waals surface area contributed by atoms with Crippen LogP contribution in [0, 0.1) is 0 Å². The monoisotopic (exact) mass is 297 g/mol. The van der Waals surface area contributed by atoms with Gasteiger partial charge in [0.2, 0.25) is 5.52 Å². The van der Waals surface area contributed by atoms with Crippen LogP contribution in [-0.4, -0.2) is 14.9 Å². The van der Waals surface area contributed by atoms with Crippen LogP contribution < -0.4 is 10.1 Å². The summed E-state index contributed by atoms with van der Waals surface area (Å²) in [7, 11) is 0. The number of fused-ring (bicyclic) bond motifs is 3. The molecule has 5 nitrogen and oxygen atoms in total. The lowest BCUT2D eigenvalue weighted by Crippen LogP contribution is -2.25. The molecule has 1 aromatic carbocycles. The Balaban J connectivity index is 2.07. The topological polar surface area (TPSA) is 54.8 Å². The van der Waals surface area contributed by atoms with Gasteiger partial charge in [-0.2, -0.15) is 0 Å². The molecule has 0 aliphatic heterocycles. The highest BCUT2D eigenvalue weighted by Gasteiger charge is 2.18. The van der Waals surface area contributed by atoms with Crippen molar-refractivity contribution in [1.29, 1.82) is 0 Å². The summed E-state index contributed by atoms with van der Waals surface area (Å²) < 4.78 is 3.22. The molecule has 3 aromatic heterocycles. The Morgan fingerprint density at radius 3 is 2.71 bits per heavy atom. The van der Waals surface area contributed by atoms with E-state index in [0.717, 1.165) is 10.9 Å². The highest BCUT2D eigenvalue weighted by molar-refractivity contribution is 6.29. The molecule has 4 rings (SSSR count). The Morgan fingerprint density at radius 1 is 1.05 bits per heavy atom. The molecule has 0 radical (unpaired) electrons. The van der Waals surface area contributed by atoms with Gasteiger partial charge >= 0.3 is 5.56 Å². The van der Waals surface area contributed by atoms with Crippen LogP contribution >= 0.6 is 11.6 Å². The minimum absolute atomic E-state index is 0.134. The number of nitrogens with one attached hydrogen (secondary N) is 1. The number of aromatic amines is 1. The molecule has 102 valence electrons. The van der Waals surface area contributed by atoms with E-state index in [-0.39, 0.29) is 5.56 Å². The Morgan fingerprint density at radius 2 is 1.90 bits per heavy atom. The predicted octanol–water partition coefficient (Wildman–Crippen LogP) is 2.11. The second-order valence-corrected chi connectivity index (χ2v) is 5.08. The van der Waals surface area contributed by atoms with Gasteiger partial charge in [0, 0.05) is 5.39 Å². The van der Waals surface area contributed by atoms with E-state index in [1.165, 1.54) is 4.68 Å². The second kappa shape index (κ2) is 4.43. The molecule has 3 heterocycles. The van der Waals surface area contributed by atoms with Crippen LogP contribution in [0.3, 0.4) is 0 Å². The summed E-state index contributed by atoms with van der Waals surface area (Å²) in [5.74, 6) is 0. The average Bonchev–Trinajstić information content (AvgIpc) is 2.86. The molecule has 0 atom stereocenters. The van der Waals surface area contributed by atoms with E-state index in [4.69, 9.17) is 11.6 Å². The van der Waals surface area contributed by atoms with Crippen molar-refractivity contribution in [3.63, 3.8) is 0 Å². The number of aromatic nitrogens is 4. The smallest absolute Gasteiger partial charge is 0.240 e. The van der Waals surface area contributed by atoms with Crippen LogP contribution in [0.25, 0.3) is 22.1 Å². The number of para-hydroxylation sites is 1. The summed E-state index contributed by atoms with van der Waals surface area (Å²) in [6.07, 6.45) is 1.56. The second-order valence-electron chi connectivity index (χ2n) is 4.69. The zero-order valence-corrected chi connectivity index (χ0v) is 11.6. The van der Waals surface area contributed by atoms with Crippen molar-refractivity contribution in [1.82, 2.24) is 14.9 Å². The Bertz CT molecular complexity index is 1020. The van der Waals surface area contributed by atoms with Crippen molar-refractivity contribution in [2.75, 3.05) is 0 Å². The van der Waals surface area contributed by atoms with Gasteiger partial charge in [0.25, 0.3) is 0 Å². The molecule has 0 saturated carbocycles. The molecule has 0 spiro atoms. The normalized spacial score (nSPS) is 11.3. The molecular weight excluding hydrogens is 288 g/mol. The predicted molar refractivity (Wildman–Crippen MR) is 79.9 cm³/mol. The quantitative estimate of drug-likeness (QED) is 0.432. The van der Waals surface area contributed by atoms with E-state index in [1.54, 1.807) is 28.9 Å². The lowest BCUT2D eigenvalue weighted by Gasteiger charge is -1.94. The molecule has 0 aliphatic rings. The molecule has 0 amide bonds. The molecule has 21 heavy (non-hydrogen) atoms. The van der Waals surface area contributed by atoms with Gasteiger partial charge < -0.3 is 0 Å². The van der Waals surface area contributed by atoms with Gasteiger partial charge in [-0.05, 0) is 30.3 Å². The molecule has 0 bridgehead atoms. The molecule has 0 saturated heterocycles. The van der Waals surface area contributed by atoms with Crippen LogP contribution in [-0.2, 0) is 0 Å². The first-order chi connectivity index (χ1) is 10.2. The average molecular weight is 298 g/mol. The van der Waals surface area contributed by atoms with Crippen molar-refractivity contribution < 1.29 is 4.52 Å². The molecule has 6 heteroatoms. The summed E-state index contributed by atoms with van der Waals surface area (Å²) >= 11 is 5.78. The zero-order valence-electron chi connectivity index (χ0n) is 10.8. The molecule has 4 aromatic rings. The number of halogens is 1. The lowest BCUT2D eigenvalue weighted by atomic mass is 10.2. The van der Waals surface area contributed by atoms with E-state index in [0.29, 0.717) is 16.4 Å². The Kier molecular flexibility index (Phi) is 2.55. The summed E-state index contributed by atoms with van der Waals surface area (Å²) in [5, 5.41) is 4.52. The van der Waals surface area contributed by atoms with Crippen LogP contribution in [0.4, 0.5) is 0 Å². The number of rotatable bonds is 1. The third-order valence-corrected chi connectivity index (χ3v) is 3.66. The fraction of sp³-hybridized carbons (Fsp3) is 0. The van der Waals surface area contributed by atoms with Gasteiger partial charge in [-0.3, -0.25) is 0 Å². The van der Waals surface area contributed by atoms with Gasteiger partial charge in [-0.1, -0.05) is 39.7 Å². The van der Waals surface area contributed by atoms with Crippen LogP contribution in [0.2, 0.25) is 5.15 Å². The summed E-state index contributed by atoms with van der Waals surface area (Å²) in [5.41, 5.74) is 2.01. The summed E-state index contributed by atoms with van der Waals surface area (Å²) in [6, 6.07) is 15.0. The number of nitrogens with zero attached hydrogens (tertiary/aromatic N) is 3. The van der Waals surface area contributed by atoms with E-state index in [2.05, 4.69) is 10.2 Å². The number of benzene rings is 1. The minimum Gasteiger partial charge on any atom is -0.240 e. The molecular formula is C15H10ClN4O+. The molecule has 0 unspecified atom stereocenters. The highest BCUT2D eigenvalue weighted by atomic mass is 35.5. The van der Waals surface area contributed by atoms with Crippen molar-refractivity contribution in [3.8, 4) is 5.69 Å². The van der Waals surface area contributed by atoms with Crippen molar-refractivity contribution in [2.24, 2.45) is 0 Å². The summed E-state index contributed by atoms with van der Waals surface area (Å²) in [4.78, 5) is 16.5. The third-order valence-electron chi connectivity index (χ3n) is 3.43. The third kappa shape index (κ3) is 1.82. The van der Waals surface area contributed by atoms with E-state index < -0.39 is 0 Å². The van der Waals surface area contributed by atoms with Crippen LogP contribution in [0.1, 0.15) is 0 Å². The first-order valence-electron chi connectivity index (χ1n) is 6.40. The van der Waals surface area contributed by atoms with Gasteiger partial charge in [-0.25, -0.2) is 9.78 Å². The first-order valence-corrected chi connectivity index (χ1v) is 6.78. The zero-order chi connectivity index (χ0) is 14.4. The van der Waals surface area contributed by atoms with Crippen LogP contribution in [0.5, 0.6) is 0 Å². The minimum atomic E-state index is -0.134. The fourth-order valence-electron chi connectivity index (χ4n) is 2.42. The number of hydrogen-bond donors (Lipinski definition) is 1. The molecule has 1 N–H and O–H groups in total. The molecule has 0 fully saturated rings. The van der Waals surface area contributed by atoms with Crippen molar-refractivity contribution >= 4 is 28.0 Å². The highest BCUT2D eigenvalue weighted by Crippen LogP contribution is 2.11. The number of hydrogen-bond acceptors (Lipinski definition) is 2. The van der Waals surface area contributed by atoms with Gasteiger partial charge in [0.05, 0.1) is 6.20 Å². The maximum absolute atomic E-state index is 12.5. The Labute approximate surface area is 124 Å². The maximum Gasteiger partial charge on any atom is 0.406 e. The largest absolute Gasteiger partial charge is 0.406 e. The number of pyridine rings is 2. The van der Waals surface area contributed by atoms with Crippen molar-refractivity contribution in [2.45, 2.75) is 0 Å². The fourth-order valence-corrected chi connectivity index (χ4v) is 2.53. The standard InChI is InChI=1S/C15H9ClN4O/c16-14-8-6-11(9-17-14)19-15(21)13-7-5-10-3-1-2-4-12(10)20(13)18-19/h1-9H/p+1. The molecule has 0 aliphatic carbocycles. The van der Waals surface area contributed by atoms with E-state index in [1.807, 2.05) is 30.3 Å².